The summed E-state index contributed by atoms with van der Waals surface area (Å²) in [7, 11) is 0. The first-order valence-corrected chi connectivity index (χ1v) is 7.73. The lowest BCUT2D eigenvalue weighted by atomic mass is 10.2. The van der Waals surface area contributed by atoms with Gasteiger partial charge in [-0.25, -0.2) is 5.43 Å². The van der Waals surface area contributed by atoms with Gasteiger partial charge in [-0.05, 0) is 36.8 Å². The average molecular weight is 357 g/mol. The Bertz CT molecular complexity index is 805. The summed E-state index contributed by atoms with van der Waals surface area (Å²) in [5.74, 6) is -0.133. The summed E-state index contributed by atoms with van der Waals surface area (Å²) in [6.07, 6.45) is 1.07. The molecule has 0 aliphatic carbocycles. The van der Waals surface area contributed by atoms with Crippen LogP contribution in [0, 0.1) is 10.1 Å². The molecule has 0 aliphatic heterocycles. The van der Waals surface area contributed by atoms with Crippen molar-refractivity contribution in [2.24, 2.45) is 5.10 Å². The minimum Gasteiger partial charge on any atom is -0.872 e. The third kappa shape index (κ3) is 5.48. The van der Waals surface area contributed by atoms with Gasteiger partial charge in [0.15, 0.2) is 0 Å². The van der Waals surface area contributed by atoms with Gasteiger partial charge in [-0.2, -0.15) is 5.10 Å². The van der Waals surface area contributed by atoms with Crippen LogP contribution in [0.3, 0.4) is 0 Å². The van der Waals surface area contributed by atoms with Gasteiger partial charge in [0.2, 0.25) is 0 Å². The number of anilines is 1. The standard InChI is InChI=1S/C17H18N4O5/c1-2-26-15-6-3-13(4-7-15)18-11-17(23)20-19-10-12-9-14(21(24)25)5-8-16(12)22/h3-10,18,22H,2,11H2,1H3,(H,20,23)/p-1/b19-10-. The third-order valence-corrected chi connectivity index (χ3v) is 3.22. The van der Waals surface area contributed by atoms with Gasteiger partial charge in [0.05, 0.1) is 24.3 Å². The first-order valence-electron chi connectivity index (χ1n) is 7.73. The van der Waals surface area contributed by atoms with Gasteiger partial charge in [0, 0.05) is 17.8 Å². The fourth-order valence-corrected chi connectivity index (χ4v) is 1.98. The summed E-state index contributed by atoms with van der Waals surface area (Å²) in [6.45, 7) is 2.42. The lowest BCUT2D eigenvalue weighted by Crippen LogP contribution is -2.25. The van der Waals surface area contributed by atoms with Crippen molar-refractivity contribution in [3.8, 4) is 11.5 Å². The monoisotopic (exact) mass is 357 g/mol. The number of nitro groups is 1. The van der Waals surface area contributed by atoms with Gasteiger partial charge >= 0.3 is 0 Å². The van der Waals surface area contributed by atoms with E-state index in [-0.39, 0.29) is 17.8 Å². The topological polar surface area (TPSA) is 129 Å². The number of nitrogens with one attached hydrogen (secondary N) is 2. The quantitative estimate of drug-likeness (QED) is 0.420. The van der Waals surface area contributed by atoms with Gasteiger partial charge in [-0.15, -0.1) is 0 Å². The highest BCUT2D eigenvalue weighted by Crippen LogP contribution is 2.19. The van der Waals surface area contributed by atoms with E-state index in [2.05, 4.69) is 15.8 Å². The largest absolute Gasteiger partial charge is 0.872 e. The van der Waals surface area contributed by atoms with Gasteiger partial charge in [-0.1, -0.05) is 11.8 Å². The molecule has 0 saturated carbocycles. The van der Waals surface area contributed by atoms with Crippen LogP contribution in [0.2, 0.25) is 0 Å². The molecule has 0 heterocycles. The summed E-state index contributed by atoms with van der Waals surface area (Å²) in [5.41, 5.74) is 2.76. The van der Waals surface area contributed by atoms with Crippen LogP contribution in [0.25, 0.3) is 0 Å². The molecule has 26 heavy (non-hydrogen) atoms. The summed E-state index contributed by atoms with van der Waals surface area (Å²) in [4.78, 5) is 21.8. The molecular weight excluding hydrogens is 340 g/mol. The molecule has 0 radical (unpaired) electrons. The van der Waals surface area contributed by atoms with E-state index in [0.29, 0.717) is 6.61 Å². The van der Waals surface area contributed by atoms with E-state index in [1.54, 1.807) is 24.3 Å². The Morgan fingerprint density at radius 1 is 1.27 bits per heavy atom. The number of hydrazone groups is 1. The molecule has 0 spiro atoms. The number of carbonyl (C=O) groups is 1. The molecule has 0 unspecified atom stereocenters. The summed E-state index contributed by atoms with van der Waals surface area (Å²) in [5, 5.41) is 28.9. The van der Waals surface area contributed by atoms with Crippen molar-refractivity contribution in [3.63, 3.8) is 0 Å². The number of ether oxygens (including phenoxy) is 1. The third-order valence-electron chi connectivity index (χ3n) is 3.22. The molecule has 2 N–H and O–H groups in total. The maximum Gasteiger partial charge on any atom is 0.270 e. The molecular formula is C17H17N4O5-. The summed E-state index contributed by atoms with van der Waals surface area (Å²) >= 11 is 0. The van der Waals surface area contributed by atoms with Crippen molar-refractivity contribution >= 4 is 23.5 Å². The first-order chi connectivity index (χ1) is 12.5. The first kappa shape index (κ1) is 18.7. The number of hydrogen-bond acceptors (Lipinski definition) is 7. The Hall–Kier alpha value is -3.62. The maximum atomic E-state index is 11.7. The lowest BCUT2D eigenvalue weighted by Gasteiger charge is -2.09. The highest BCUT2D eigenvalue weighted by atomic mass is 16.6. The highest BCUT2D eigenvalue weighted by Gasteiger charge is 2.05. The molecule has 0 aromatic heterocycles. The molecule has 2 aromatic rings. The smallest absolute Gasteiger partial charge is 0.270 e. The van der Waals surface area contributed by atoms with Crippen LogP contribution in [0.5, 0.6) is 11.5 Å². The van der Waals surface area contributed by atoms with Crippen LogP contribution in [0.4, 0.5) is 11.4 Å². The molecule has 0 fully saturated rings. The predicted octanol–water partition coefficient (Wildman–Crippen LogP) is 1.63. The molecule has 9 heteroatoms. The summed E-state index contributed by atoms with van der Waals surface area (Å²) < 4.78 is 5.32. The average Bonchev–Trinajstić information content (AvgIpc) is 2.63. The van der Waals surface area contributed by atoms with Crippen LogP contribution >= 0.6 is 0 Å². The van der Waals surface area contributed by atoms with Gasteiger partial charge in [0.1, 0.15) is 5.75 Å². The SMILES string of the molecule is CCOc1ccc(NCC(=O)N/N=C\c2cc([N+](=O)[O-])ccc2[O-])cc1. The Morgan fingerprint density at radius 2 is 2.00 bits per heavy atom. The molecule has 2 rings (SSSR count). The van der Waals surface area contributed by atoms with Crippen molar-refractivity contribution in [2.45, 2.75) is 6.92 Å². The Balaban J connectivity index is 1.85. The van der Waals surface area contributed by atoms with Gasteiger partial charge in [0.25, 0.3) is 11.6 Å². The number of amides is 1. The van der Waals surface area contributed by atoms with E-state index in [1.165, 1.54) is 0 Å². The van der Waals surface area contributed by atoms with E-state index in [0.717, 1.165) is 35.9 Å². The zero-order chi connectivity index (χ0) is 18.9. The van der Waals surface area contributed by atoms with E-state index in [4.69, 9.17) is 4.74 Å². The minimum atomic E-state index is -0.615. The van der Waals surface area contributed by atoms with E-state index in [9.17, 15) is 20.0 Å². The zero-order valence-corrected chi connectivity index (χ0v) is 14.0. The molecule has 9 nitrogen and oxygen atoms in total. The maximum absolute atomic E-state index is 11.7. The van der Waals surface area contributed by atoms with Crippen LogP contribution in [-0.4, -0.2) is 30.2 Å². The molecule has 0 saturated heterocycles. The van der Waals surface area contributed by atoms with Gasteiger partial charge < -0.3 is 15.2 Å². The highest BCUT2D eigenvalue weighted by molar-refractivity contribution is 5.86. The second-order valence-electron chi connectivity index (χ2n) is 5.08. The minimum absolute atomic E-state index is 0.0129. The molecule has 2 aromatic carbocycles. The Labute approximate surface area is 149 Å². The fraction of sp³-hybridized carbons (Fsp3) is 0.176. The van der Waals surface area contributed by atoms with Crippen molar-refractivity contribution in [1.29, 1.82) is 0 Å². The van der Waals surface area contributed by atoms with Crippen molar-refractivity contribution in [1.82, 2.24) is 5.43 Å². The van der Waals surface area contributed by atoms with Crippen molar-refractivity contribution in [2.75, 3.05) is 18.5 Å². The van der Waals surface area contributed by atoms with E-state index in [1.807, 2.05) is 6.92 Å². The Kier molecular flexibility index (Phi) is 6.49. The van der Waals surface area contributed by atoms with Crippen LogP contribution in [-0.2, 0) is 4.79 Å². The Morgan fingerprint density at radius 3 is 2.65 bits per heavy atom. The normalized spacial score (nSPS) is 10.5. The molecule has 0 bridgehead atoms. The number of carbonyl (C=O) groups excluding carboxylic acids is 1. The lowest BCUT2D eigenvalue weighted by molar-refractivity contribution is -0.385. The number of rotatable bonds is 8. The van der Waals surface area contributed by atoms with Crippen LogP contribution < -0.4 is 20.6 Å². The molecule has 1 amide bonds. The predicted molar refractivity (Wildman–Crippen MR) is 94.4 cm³/mol. The van der Waals surface area contributed by atoms with Crippen LogP contribution in [0.1, 0.15) is 12.5 Å². The molecule has 136 valence electrons. The summed E-state index contributed by atoms with van der Waals surface area (Å²) in [6, 6.07) is 10.4. The molecule has 0 atom stereocenters. The fourth-order valence-electron chi connectivity index (χ4n) is 1.98. The number of hydrogen-bond donors (Lipinski definition) is 2. The van der Waals surface area contributed by atoms with Crippen molar-refractivity contribution < 1.29 is 19.6 Å². The van der Waals surface area contributed by atoms with Crippen LogP contribution in [0.15, 0.2) is 47.6 Å². The molecule has 0 aliphatic rings. The van der Waals surface area contributed by atoms with E-state index >= 15 is 0 Å². The van der Waals surface area contributed by atoms with Crippen molar-refractivity contribution in [3.05, 3.63) is 58.1 Å². The number of nitro benzene ring substituents is 1. The number of benzene rings is 2. The zero-order valence-electron chi connectivity index (χ0n) is 14.0. The van der Waals surface area contributed by atoms with E-state index < -0.39 is 16.6 Å². The van der Waals surface area contributed by atoms with Gasteiger partial charge in [-0.3, -0.25) is 14.9 Å². The second kappa shape index (κ2) is 9.02. The number of nitrogens with zero attached hydrogens (tertiary/aromatic N) is 2. The second-order valence-corrected chi connectivity index (χ2v) is 5.08. The number of non-ortho nitro benzene ring substituents is 1.